The lowest BCUT2D eigenvalue weighted by Gasteiger charge is -2.10. The van der Waals surface area contributed by atoms with Crippen LogP contribution in [-0.2, 0) is 35.9 Å². The molecule has 5 aromatic carbocycles. The summed E-state index contributed by atoms with van der Waals surface area (Å²) in [6.07, 6.45) is 6.96. The van der Waals surface area contributed by atoms with Crippen molar-refractivity contribution in [3.05, 3.63) is 179 Å². The Morgan fingerprint density at radius 2 is 0.875 bits per heavy atom. The first kappa shape index (κ1) is 38.9. The van der Waals surface area contributed by atoms with E-state index in [1.807, 2.05) is 48.5 Å². The van der Waals surface area contributed by atoms with Gasteiger partial charge < -0.3 is 18.9 Å². The Hall–Kier alpha value is -5.36. The van der Waals surface area contributed by atoms with Gasteiger partial charge in [0.25, 0.3) is 0 Å². The Morgan fingerprint density at radius 1 is 0.464 bits per heavy atom. The van der Waals surface area contributed by atoms with E-state index in [0.717, 1.165) is 33.6 Å². The number of hydrogen-bond donors (Lipinski definition) is 0. The van der Waals surface area contributed by atoms with Crippen LogP contribution in [0.5, 0.6) is 11.5 Å². The van der Waals surface area contributed by atoms with Gasteiger partial charge in [0.15, 0.2) is 0 Å². The summed E-state index contributed by atoms with van der Waals surface area (Å²) >= 11 is 0. The molecular formula is C46H44N4O4P2. The van der Waals surface area contributed by atoms with Gasteiger partial charge in [-0.1, -0.05) is 97.1 Å². The van der Waals surface area contributed by atoms with E-state index >= 15 is 0 Å². The van der Waals surface area contributed by atoms with Crippen molar-refractivity contribution in [3.63, 3.8) is 0 Å². The van der Waals surface area contributed by atoms with Gasteiger partial charge in [-0.15, -0.1) is 18.5 Å². The van der Waals surface area contributed by atoms with Crippen LogP contribution in [0, 0.1) is 0 Å². The quantitative estimate of drug-likeness (QED) is 0.0637. The minimum atomic E-state index is -0.0911. The fourth-order valence-corrected chi connectivity index (χ4v) is 6.30. The lowest BCUT2D eigenvalue weighted by atomic mass is 10.1. The van der Waals surface area contributed by atoms with E-state index in [-0.39, 0.29) is 11.6 Å². The van der Waals surface area contributed by atoms with Crippen molar-refractivity contribution in [2.75, 3.05) is 13.2 Å². The monoisotopic (exact) mass is 778 g/mol. The molecule has 4 atom stereocenters. The minimum absolute atomic E-state index is 0.0911. The molecule has 0 saturated carbocycles. The van der Waals surface area contributed by atoms with Crippen molar-refractivity contribution in [1.29, 1.82) is 0 Å². The van der Waals surface area contributed by atoms with Gasteiger partial charge in [0.1, 0.15) is 24.7 Å². The number of pyridine rings is 2. The third-order valence-corrected chi connectivity index (χ3v) is 9.62. The molecule has 282 valence electrons. The normalized spacial score (nSPS) is 12.8. The largest absolute Gasteiger partial charge is 0.487 e. The summed E-state index contributed by atoms with van der Waals surface area (Å²) in [4.78, 5) is 18.1. The number of aliphatic imine (C=N–C) groups is 2. The molecule has 10 heteroatoms. The molecule has 0 spiro atoms. The molecule has 0 saturated heterocycles. The molecule has 0 amide bonds. The number of benzene rings is 5. The summed E-state index contributed by atoms with van der Waals surface area (Å²) in [5.41, 5.74) is 5.92. The van der Waals surface area contributed by atoms with E-state index < -0.39 is 0 Å². The second-order valence-electron chi connectivity index (χ2n) is 13.3. The van der Waals surface area contributed by atoms with Crippen LogP contribution in [0.1, 0.15) is 33.6 Å². The smallest absolute Gasteiger partial charge is 0.138 e. The molecule has 2 heterocycles. The molecule has 7 aromatic rings. The van der Waals surface area contributed by atoms with Crippen molar-refractivity contribution in [1.82, 2.24) is 9.97 Å². The lowest BCUT2D eigenvalue weighted by Crippen LogP contribution is -2.07. The summed E-state index contributed by atoms with van der Waals surface area (Å²) in [6, 6.07) is 45.2. The molecule has 0 radical (unpaired) electrons. The first-order valence-electron chi connectivity index (χ1n) is 18.5. The third-order valence-electron chi connectivity index (χ3n) is 8.89. The van der Waals surface area contributed by atoms with E-state index in [9.17, 15) is 0 Å². The lowest BCUT2D eigenvalue weighted by molar-refractivity contribution is 0.121. The SMILES string of the molecule is PC(COCc1ccc(COCC(P)N=Cc2ccc(OCc3ccc4ccccc4c3)cn2)cc1)N=Cc1ccc(OCc2ccc3ccccc3c2)cn1. The topological polar surface area (TPSA) is 87.4 Å². The van der Waals surface area contributed by atoms with E-state index in [4.69, 9.17) is 18.9 Å². The van der Waals surface area contributed by atoms with E-state index in [2.05, 4.69) is 123 Å². The number of nitrogens with zero attached hydrogens (tertiary/aromatic N) is 4. The molecule has 4 unspecified atom stereocenters. The van der Waals surface area contributed by atoms with Crippen LogP contribution in [0.2, 0.25) is 0 Å². The Bertz CT molecular complexity index is 2200. The Kier molecular flexibility index (Phi) is 13.9. The molecular weight excluding hydrogens is 734 g/mol. The second-order valence-corrected chi connectivity index (χ2v) is 14.9. The van der Waals surface area contributed by atoms with Crippen LogP contribution in [0.4, 0.5) is 0 Å². The predicted octanol–water partition coefficient (Wildman–Crippen LogP) is 9.61. The first-order valence-corrected chi connectivity index (χ1v) is 19.8. The van der Waals surface area contributed by atoms with Gasteiger partial charge in [-0.05, 0) is 80.2 Å². The highest BCUT2D eigenvalue weighted by Crippen LogP contribution is 2.20. The summed E-state index contributed by atoms with van der Waals surface area (Å²) in [5, 5.41) is 4.84. The van der Waals surface area contributed by atoms with E-state index in [1.165, 1.54) is 21.5 Å². The van der Waals surface area contributed by atoms with Crippen LogP contribution < -0.4 is 9.47 Å². The molecule has 0 aliphatic heterocycles. The highest BCUT2D eigenvalue weighted by molar-refractivity contribution is 7.17. The Morgan fingerprint density at radius 3 is 1.29 bits per heavy atom. The second kappa shape index (κ2) is 20.0. The summed E-state index contributed by atoms with van der Waals surface area (Å²) < 4.78 is 23.7. The van der Waals surface area contributed by atoms with Crippen LogP contribution in [0.15, 0.2) is 156 Å². The number of rotatable bonds is 18. The van der Waals surface area contributed by atoms with Gasteiger partial charge >= 0.3 is 0 Å². The molecule has 0 aliphatic rings. The van der Waals surface area contributed by atoms with Crippen molar-refractivity contribution in [3.8, 4) is 11.5 Å². The minimum Gasteiger partial charge on any atom is -0.487 e. The molecule has 8 nitrogen and oxygen atoms in total. The van der Waals surface area contributed by atoms with Crippen molar-refractivity contribution >= 4 is 52.5 Å². The maximum atomic E-state index is 5.95. The fraction of sp³-hybridized carbons (Fsp3) is 0.174. The standard InChI is InChI=1S/C46H44N4O4P2/c55-45(49-23-41-17-19-43(25-47-41)53-29-35-13-15-37-5-1-3-7-39(37)21-35)31-51-27-33-9-11-34(12-10-33)28-52-32-46(56)50-24-42-18-20-44(26-48-42)54-30-36-14-16-38-6-2-4-8-40(38)22-36/h1-26,45-46H,27-32,55-56H2. The first-order chi connectivity index (χ1) is 27.5. The van der Waals surface area contributed by atoms with Crippen LogP contribution >= 0.6 is 18.5 Å². The zero-order chi connectivity index (χ0) is 38.4. The number of hydrogen-bond acceptors (Lipinski definition) is 8. The van der Waals surface area contributed by atoms with E-state index in [1.54, 1.807) is 24.8 Å². The molecule has 0 bridgehead atoms. The van der Waals surface area contributed by atoms with E-state index in [0.29, 0.717) is 51.1 Å². The van der Waals surface area contributed by atoms with Crippen LogP contribution in [0.25, 0.3) is 21.5 Å². The molecule has 7 rings (SSSR count). The molecule has 0 aliphatic carbocycles. The van der Waals surface area contributed by atoms with Crippen molar-refractivity contribution < 1.29 is 18.9 Å². The zero-order valence-corrected chi connectivity index (χ0v) is 33.3. The number of aromatic nitrogens is 2. The fourth-order valence-electron chi connectivity index (χ4n) is 5.85. The average Bonchev–Trinajstić information content (AvgIpc) is 3.24. The van der Waals surface area contributed by atoms with Crippen LogP contribution in [-0.4, -0.2) is 47.2 Å². The third kappa shape index (κ3) is 11.8. The Labute approximate surface area is 332 Å². The van der Waals surface area contributed by atoms with Gasteiger partial charge in [-0.25, -0.2) is 0 Å². The summed E-state index contributed by atoms with van der Waals surface area (Å²) in [5.74, 6) is 1.25. The van der Waals surface area contributed by atoms with Gasteiger partial charge in [0.05, 0.1) is 61.8 Å². The van der Waals surface area contributed by atoms with Crippen LogP contribution in [0.3, 0.4) is 0 Å². The van der Waals surface area contributed by atoms with Crippen molar-refractivity contribution in [2.45, 2.75) is 38.0 Å². The maximum Gasteiger partial charge on any atom is 0.138 e. The Balaban J connectivity index is 0.757. The molecule has 0 N–H and O–H groups in total. The number of fused-ring (bicyclic) bond motifs is 2. The van der Waals surface area contributed by atoms with Gasteiger partial charge in [0, 0.05) is 12.4 Å². The predicted molar refractivity (Wildman–Crippen MR) is 233 cm³/mol. The van der Waals surface area contributed by atoms with Gasteiger partial charge in [0.2, 0.25) is 0 Å². The van der Waals surface area contributed by atoms with Gasteiger partial charge in [-0.3, -0.25) is 20.0 Å². The molecule has 0 fully saturated rings. The average molecular weight is 779 g/mol. The molecule has 2 aromatic heterocycles. The van der Waals surface area contributed by atoms with Gasteiger partial charge in [-0.2, -0.15) is 0 Å². The maximum absolute atomic E-state index is 5.95. The highest BCUT2D eigenvalue weighted by Gasteiger charge is 2.05. The highest BCUT2D eigenvalue weighted by atomic mass is 31.0. The summed E-state index contributed by atoms with van der Waals surface area (Å²) in [6.45, 7) is 2.89. The number of ether oxygens (including phenoxy) is 4. The zero-order valence-electron chi connectivity index (χ0n) is 31.0. The van der Waals surface area contributed by atoms with Crippen molar-refractivity contribution in [2.24, 2.45) is 9.98 Å². The summed E-state index contributed by atoms with van der Waals surface area (Å²) in [7, 11) is 5.43. The molecule has 56 heavy (non-hydrogen) atoms.